The van der Waals surface area contributed by atoms with Crippen molar-refractivity contribution in [1.29, 1.82) is 0 Å². The highest BCUT2D eigenvalue weighted by Crippen LogP contribution is 2.31. The Labute approximate surface area is 189 Å². The number of hydrogen-bond donors (Lipinski definition) is 2. The van der Waals surface area contributed by atoms with Crippen molar-refractivity contribution in [3.8, 4) is 11.5 Å². The minimum Gasteiger partial charge on any atom is -0.497 e. The first-order valence-electron chi connectivity index (χ1n) is 9.11. The number of nitrogens with one attached hydrogen (secondary N) is 2. The minimum atomic E-state index is -4.17. The predicted octanol–water partition coefficient (Wildman–Crippen LogP) is 3.61. The van der Waals surface area contributed by atoms with Crippen LogP contribution in [0.5, 0.6) is 11.5 Å². The molecule has 0 bridgehead atoms. The Hall–Kier alpha value is -3.57. The van der Waals surface area contributed by atoms with Crippen LogP contribution in [-0.2, 0) is 14.8 Å². The SMILES string of the molecule is COC(=O)c1sccc1S(=O)(=O)Nc1ccccc1C(=O)Nc1ccc(OC)cc1OC. The second-order valence-electron chi connectivity index (χ2n) is 6.28. The van der Waals surface area contributed by atoms with Crippen LogP contribution in [0.2, 0.25) is 0 Å². The molecule has 0 unspecified atom stereocenters. The maximum Gasteiger partial charge on any atom is 0.349 e. The van der Waals surface area contributed by atoms with Gasteiger partial charge in [0.15, 0.2) is 0 Å². The molecule has 1 amide bonds. The Morgan fingerprint density at radius 2 is 1.69 bits per heavy atom. The summed E-state index contributed by atoms with van der Waals surface area (Å²) >= 11 is 0.942. The van der Waals surface area contributed by atoms with Crippen LogP contribution in [0, 0.1) is 0 Å². The number of para-hydroxylation sites is 1. The van der Waals surface area contributed by atoms with Gasteiger partial charge in [-0.05, 0) is 35.7 Å². The standard InChI is InChI=1S/C21H20N2O7S2/c1-28-13-8-9-16(17(12-13)29-2)22-20(24)14-6-4-5-7-15(14)23-32(26,27)18-10-11-31-19(18)21(25)30-3/h4-12,23H,1-3H3,(H,22,24). The number of methoxy groups -OCH3 is 3. The molecule has 0 saturated heterocycles. The number of amides is 1. The molecule has 1 aromatic heterocycles. The zero-order valence-electron chi connectivity index (χ0n) is 17.4. The first kappa shape index (κ1) is 23.1. The summed E-state index contributed by atoms with van der Waals surface area (Å²) in [6.45, 7) is 0. The number of carbonyl (C=O) groups is 2. The van der Waals surface area contributed by atoms with E-state index in [1.807, 2.05) is 0 Å². The van der Waals surface area contributed by atoms with Gasteiger partial charge in [0.1, 0.15) is 21.3 Å². The fraction of sp³-hybridized carbons (Fsp3) is 0.143. The summed E-state index contributed by atoms with van der Waals surface area (Å²) in [4.78, 5) is 24.5. The highest BCUT2D eigenvalue weighted by Gasteiger charge is 2.26. The summed E-state index contributed by atoms with van der Waals surface area (Å²) in [6, 6.07) is 12.3. The summed E-state index contributed by atoms with van der Waals surface area (Å²) in [5, 5.41) is 4.17. The molecular formula is C21H20N2O7S2. The monoisotopic (exact) mass is 476 g/mol. The molecule has 0 radical (unpaired) electrons. The smallest absolute Gasteiger partial charge is 0.349 e. The van der Waals surface area contributed by atoms with Crippen LogP contribution >= 0.6 is 11.3 Å². The molecule has 32 heavy (non-hydrogen) atoms. The van der Waals surface area contributed by atoms with Crippen LogP contribution < -0.4 is 19.5 Å². The first-order valence-corrected chi connectivity index (χ1v) is 11.5. The van der Waals surface area contributed by atoms with E-state index in [1.54, 1.807) is 30.3 Å². The molecule has 2 N–H and O–H groups in total. The highest BCUT2D eigenvalue weighted by atomic mass is 32.2. The summed E-state index contributed by atoms with van der Waals surface area (Å²) in [5.74, 6) is -0.412. The minimum absolute atomic E-state index is 0.0412. The van der Waals surface area contributed by atoms with Gasteiger partial charge in [-0.1, -0.05) is 12.1 Å². The number of ether oxygens (including phenoxy) is 3. The molecule has 9 nitrogen and oxygen atoms in total. The van der Waals surface area contributed by atoms with Gasteiger partial charge in [0, 0.05) is 6.07 Å². The van der Waals surface area contributed by atoms with Gasteiger partial charge >= 0.3 is 5.97 Å². The van der Waals surface area contributed by atoms with Crippen LogP contribution in [0.4, 0.5) is 11.4 Å². The van der Waals surface area contributed by atoms with Crippen LogP contribution in [0.3, 0.4) is 0 Å². The number of hydrogen-bond acceptors (Lipinski definition) is 8. The molecule has 0 fully saturated rings. The molecule has 0 atom stereocenters. The van der Waals surface area contributed by atoms with E-state index < -0.39 is 21.9 Å². The molecule has 3 rings (SSSR count). The van der Waals surface area contributed by atoms with E-state index in [0.29, 0.717) is 17.2 Å². The molecule has 168 valence electrons. The molecule has 0 spiro atoms. The van der Waals surface area contributed by atoms with Gasteiger partial charge in [-0.3, -0.25) is 9.52 Å². The van der Waals surface area contributed by atoms with Crippen LogP contribution in [0.1, 0.15) is 20.0 Å². The van der Waals surface area contributed by atoms with Gasteiger partial charge in [0.05, 0.1) is 38.3 Å². The van der Waals surface area contributed by atoms with Crippen molar-refractivity contribution in [3.05, 3.63) is 64.4 Å². The number of esters is 1. The van der Waals surface area contributed by atoms with Gasteiger partial charge < -0.3 is 19.5 Å². The van der Waals surface area contributed by atoms with Crippen molar-refractivity contribution in [2.45, 2.75) is 4.90 Å². The molecule has 11 heteroatoms. The number of carbonyl (C=O) groups excluding carboxylic acids is 2. The third-order valence-corrected chi connectivity index (χ3v) is 6.79. The van der Waals surface area contributed by atoms with Crippen molar-refractivity contribution in [3.63, 3.8) is 0 Å². The Bertz CT molecular complexity index is 1250. The third-order valence-electron chi connectivity index (χ3n) is 4.36. The van der Waals surface area contributed by atoms with Crippen LogP contribution in [0.25, 0.3) is 0 Å². The average Bonchev–Trinajstić information content (AvgIpc) is 3.30. The lowest BCUT2D eigenvalue weighted by molar-refractivity contribution is 0.0602. The molecule has 3 aromatic rings. The van der Waals surface area contributed by atoms with Crippen molar-refractivity contribution >= 4 is 44.6 Å². The topological polar surface area (TPSA) is 120 Å². The summed E-state index contributed by atoms with van der Waals surface area (Å²) in [5.41, 5.74) is 0.491. The number of benzene rings is 2. The van der Waals surface area contributed by atoms with Gasteiger partial charge in [0.2, 0.25) is 0 Å². The average molecular weight is 477 g/mol. The van der Waals surface area contributed by atoms with Crippen molar-refractivity contribution in [1.82, 2.24) is 0 Å². The number of thiophene rings is 1. The Morgan fingerprint density at radius 1 is 0.938 bits per heavy atom. The highest BCUT2D eigenvalue weighted by molar-refractivity contribution is 7.93. The molecule has 2 aromatic carbocycles. The molecule has 0 aliphatic carbocycles. The molecule has 1 heterocycles. The second kappa shape index (κ2) is 9.71. The van der Waals surface area contributed by atoms with E-state index in [4.69, 9.17) is 9.47 Å². The Morgan fingerprint density at radius 3 is 2.38 bits per heavy atom. The van der Waals surface area contributed by atoms with Crippen molar-refractivity contribution in [2.24, 2.45) is 0 Å². The summed E-state index contributed by atoms with van der Waals surface area (Å²) in [6.07, 6.45) is 0. The van der Waals surface area contributed by atoms with Gasteiger partial charge in [-0.2, -0.15) is 0 Å². The normalized spacial score (nSPS) is 10.8. The van der Waals surface area contributed by atoms with E-state index in [2.05, 4.69) is 14.8 Å². The fourth-order valence-corrected chi connectivity index (χ4v) is 5.23. The largest absolute Gasteiger partial charge is 0.497 e. The maximum absolute atomic E-state index is 12.9. The van der Waals surface area contributed by atoms with Crippen LogP contribution in [-0.4, -0.2) is 41.6 Å². The Balaban J connectivity index is 1.91. The van der Waals surface area contributed by atoms with Gasteiger partial charge in [0.25, 0.3) is 15.9 Å². The second-order valence-corrected chi connectivity index (χ2v) is 8.84. The third kappa shape index (κ3) is 4.84. The van der Waals surface area contributed by atoms with Gasteiger partial charge in [-0.15, -0.1) is 11.3 Å². The van der Waals surface area contributed by atoms with Crippen molar-refractivity contribution in [2.75, 3.05) is 31.4 Å². The zero-order chi connectivity index (χ0) is 23.3. The molecular weight excluding hydrogens is 456 g/mol. The quantitative estimate of drug-likeness (QED) is 0.477. The van der Waals surface area contributed by atoms with E-state index in [0.717, 1.165) is 11.3 Å². The van der Waals surface area contributed by atoms with E-state index >= 15 is 0 Å². The lowest BCUT2D eigenvalue weighted by Crippen LogP contribution is -2.20. The molecule has 0 saturated carbocycles. The lowest BCUT2D eigenvalue weighted by Gasteiger charge is -2.14. The number of anilines is 2. The maximum atomic E-state index is 12.9. The molecule has 0 aliphatic heterocycles. The fourth-order valence-electron chi connectivity index (χ4n) is 2.81. The summed E-state index contributed by atoms with van der Waals surface area (Å²) in [7, 11) is -0.0434. The van der Waals surface area contributed by atoms with E-state index in [-0.39, 0.29) is 21.0 Å². The van der Waals surface area contributed by atoms with Crippen LogP contribution in [0.15, 0.2) is 58.8 Å². The number of rotatable bonds is 8. The number of sulfonamides is 1. The predicted molar refractivity (Wildman–Crippen MR) is 120 cm³/mol. The first-order chi connectivity index (χ1) is 15.3. The molecule has 0 aliphatic rings. The van der Waals surface area contributed by atoms with E-state index in [9.17, 15) is 18.0 Å². The van der Waals surface area contributed by atoms with Gasteiger partial charge in [-0.25, -0.2) is 13.2 Å². The lowest BCUT2D eigenvalue weighted by atomic mass is 10.1. The van der Waals surface area contributed by atoms with E-state index in [1.165, 1.54) is 44.9 Å². The zero-order valence-corrected chi connectivity index (χ0v) is 19.0. The Kier molecular flexibility index (Phi) is 7.01. The summed E-state index contributed by atoms with van der Waals surface area (Å²) < 4.78 is 43.3. The van der Waals surface area contributed by atoms with Crippen molar-refractivity contribution < 1.29 is 32.2 Å².